The third-order valence-corrected chi connectivity index (χ3v) is 7.84. The van der Waals surface area contributed by atoms with E-state index in [-0.39, 0.29) is 27.9 Å². The molecule has 3 heterocycles. The molecular formula is C24H25FN3O3S+. The van der Waals surface area contributed by atoms with Crippen molar-refractivity contribution in [1.29, 1.82) is 0 Å². The molecule has 2 aromatic carbocycles. The number of quaternary nitrogens is 1. The van der Waals surface area contributed by atoms with Gasteiger partial charge in [-0.3, -0.25) is 9.52 Å². The lowest BCUT2D eigenvalue weighted by molar-refractivity contribution is -0.924. The monoisotopic (exact) mass is 454 g/mol. The van der Waals surface area contributed by atoms with Gasteiger partial charge in [0.1, 0.15) is 18.0 Å². The van der Waals surface area contributed by atoms with Crippen molar-refractivity contribution < 1.29 is 17.7 Å². The van der Waals surface area contributed by atoms with E-state index in [0.717, 1.165) is 37.3 Å². The van der Waals surface area contributed by atoms with Crippen molar-refractivity contribution in [3.05, 3.63) is 94.2 Å². The molecule has 2 aliphatic heterocycles. The number of anilines is 1. The molecule has 2 aliphatic rings. The van der Waals surface area contributed by atoms with Gasteiger partial charge in [-0.2, -0.15) is 0 Å². The minimum absolute atomic E-state index is 0.0769. The average Bonchev–Trinajstić information content (AvgIpc) is 2.78. The summed E-state index contributed by atoms with van der Waals surface area (Å²) in [5.41, 5.74) is 1.85. The zero-order valence-electron chi connectivity index (χ0n) is 17.5. The van der Waals surface area contributed by atoms with Crippen LogP contribution in [0.3, 0.4) is 0 Å². The Bertz CT molecular complexity index is 1290. The van der Waals surface area contributed by atoms with Gasteiger partial charge >= 0.3 is 0 Å². The Morgan fingerprint density at radius 1 is 1.00 bits per heavy atom. The summed E-state index contributed by atoms with van der Waals surface area (Å²) in [6.45, 7) is 3.23. The van der Waals surface area contributed by atoms with Crippen molar-refractivity contribution in [3.8, 4) is 0 Å². The molecule has 0 radical (unpaired) electrons. The van der Waals surface area contributed by atoms with Crippen LogP contribution >= 0.6 is 0 Å². The van der Waals surface area contributed by atoms with Crippen LogP contribution in [-0.2, 0) is 23.1 Å². The van der Waals surface area contributed by atoms with Crippen molar-refractivity contribution in [2.24, 2.45) is 5.92 Å². The Balaban J connectivity index is 1.37. The third-order valence-electron chi connectivity index (χ3n) is 6.46. The van der Waals surface area contributed by atoms with Gasteiger partial charge < -0.3 is 9.47 Å². The van der Waals surface area contributed by atoms with E-state index >= 15 is 0 Å². The smallest absolute Gasteiger partial charge is 0.275 e. The Morgan fingerprint density at radius 3 is 2.50 bits per heavy atom. The van der Waals surface area contributed by atoms with Crippen LogP contribution < -0.4 is 15.2 Å². The van der Waals surface area contributed by atoms with Crippen LogP contribution in [-0.4, -0.2) is 26.1 Å². The molecule has 1 unspecified atom stereocenters. The van der Waals surface area contributed by atoms with Crippen molar-refractivity contribution in [2.75, 3.05) is 17.8 Å². The van der Waals surface area contributed by atoms with Crippen LogP contribution in [0.5, 0.6) is 0 Å². The Hall–Kier alpha value is -2.97. The molecule has 0 amide bonds. The van der Waals surface area contributed by atoms with Crippen LogP contribution in [0.1, 0.15) is 23.6 Å². The second-order valence-corrected chi connectivity index (χ2v) is 10.4. The summed E-state index contributed by atoms with van der Waals surface area (Å²) in [4.78, 5) is 14.7. The number of likely N-dealkylation sites (tertiary alicyclic amines) is 1. The first kappa shape index (κ1) is 20.9. The van der Waals surface area contributed by atoms with Crippen LogP contribution in [0.25, 0.3) is 0 Å². The first-order chi connectivity index (χ1) is 15.4. The van der Waals surface area contributed by atoms with Gasteiger partial charge in [-0.1, -0.05) is 30.3 Å². The summed E-state index contributed by atoms with van der Waals surface area (Å²) in [5, 5.41) is 0. The normalized spacial score (nSPS) is 22.2. The first-order valence-corrected chi connectivity index (χ1v) is 12.3. The Kier molecular flexibility index (Phi) is 5.35. The fourth-order valence-electron chi connectivity index (χ4n) is 5.09. The molecule has 3 atom stereocenters. The van der Waals surface area contributed by atoms with Gasteiger partial charge in [0, 0.05) is 29.6 Å². The highest BCUT2D eigenvalue weighted by Gasteiger charge is 2.37. The van der Waals surface area contributed by atoms with E-state index in [1.165, 1.54) is 29.2 Å². The van der Waals surface area contributed by atoms with Gasteiger partial charge in [-0.05, 0) is 42.8 Å². The number of aromatic nitrogens is 1. The summed E-state index contributed by atoms with van der Waals surface area (Å²) in [6, 6.07) is 18.2. The molecule has 2 N–H and O–H groups in total. The molecule has 0 saturated carbocycles. The van der Waals surface area contributed by atoms with E-state index in [2.05, 4.69) is 4.72 Å². The fourth-order valence-corrected chi connectivity index (χ4v) is 6.16. The minimum atomic E-state index is -3.82. The van der Waals surface area contributed by atoms with Gasteiger partial charge in [0.15, 0.2) is 0 Å². The van der Waals surface area contributed by atoms with Crippen molar-refractivity contribution in [2.45, 2.75) is 30.3 Å². The summed E-state index contributed by atoms with van der Waals surface area (Å²) in [7, 11) is -3.82. The van der Waals surface area contributed by atoms with Crippen LogP contribution in [0.15, 0.2) is 76.4 Å². The molecule has 1 aromatic heterocycles. The molecule has 0 aliphatic carbocycles. The maximum Gasteiger partial charge on any atom is 0.275 e. The number of hydrogen-bond acceptors (Lipinski definition) is 3. The summed E-state index contributed by atoms with van der Waals surface area (Å²) < 4.78 is 42.8. The lowest BCUT2D eigenvalue weighted by atomic mass is 9.83. The molecule has 6 nitrogen and oxygen atoms in total. The molecule has 1 fully saturated rings. The van der Waals surface area contributed by atoms with Gasteiger partial charge in [-0.15, -0.1) is 0 Å². The maximum absolute atomic E-state index is 13.2. The van der Waals surface area contributed by atoms with Gasteiger partial charge in [-0.25, -0.2) is 12.8 Å². The zero-order chi connectivity index (χ0) is 22.3. The van der Waals surface area contributed by atoms with E-state index in [9.17, 15) is 17.6 Å². The largest absolute Gasteiger partial charge is 0.330 e. The number of sulfonamides is 1. The second kappa shape index (κ2) is 8.18. The number of piperidine rings is 1. The average molecular weight is 455 g/mol. The number of hydrogen-bond donors (Lipinski definition) is 2. The van der Waals surface area contributed by atoms with Crippen LogP contribution in [0.4, 0.5) is 10.1 Å². The zero-order valence-corrected chi connectivity index (χ0v) is 18.3. The number of pyridine rings is 1. The van der Waals surface area contributed by atoms with E-state index in [4.69, 9.17) is 0 Å². The number of nitrogens with one attached hydrogen (secondary N) is 2. The summed E-state index contributed by atoms with van der Waals surface area (Å²) in [6.07, 6.45) is 1.03. The summed E-state index contributed by atoms with van der Waals surface area (Å²) in [5.74, 6) is 0.354. The highest BCUT2D eigenvalue weighted by Crippen LogP contribution is 2.31. The molecule has 166 valence electrons. The minimum Gasteiger partial charge on any atom is -0.330 e. The second-order valence-electron chi connectivity index (χ2n) is 8.77. The standard InChI is InChI=1S/C24H24FN3O3S/c25-20-8-6-17(7-9-20)13-27-14-18-12-19(16-27)23-11-10-22(24(29)28(23)15-18)26-32(30,31)21-4-2-1-3-5-21/h1-11,18-19,26H,12-16H2/p+1/t18-,19+/m0/s1. The SMILES string of the molecule is O=c1c(NS(=O)(=O)c2ccccc2)ccc2n1C[C@H]1C[C@@H]2C[NH+](Cc2ccc(F)cc2)C1. The summed E-state index contributed by atoms with van der Waals surface area (Å²) >= 11 is 0. The molecule has 1 saturated heterocycles. The van der Waals surface area contributed by atoms with Gasteiger partial charge in [0.05, 0.1) is 18.0 Å². The molecule has 5 rings (SSSR count). The number of nitrogens with zero attached hydrogens (tertiary/aromatic N) is 1. The first-order valence-electron chi connectivity index (χ1n) is 10.8. The molecule has 2 bridgehead atoms. The topological polar surface area (TPSA) is 72.6 Å². The van der Waals surface area contributed by atoms with Crippen LogP contribution in [0.2, 0.25) is 0 Å². The molecular weight excluding hydrogens is 429 g/mol. The molecule has 3 aromatic rings. The number of benzene rings is 2. The van der Waals surface area contributed by atoms with Crippen molar-refractivity contribution in [3.63, 3.8) is 0 Å². The Labute approximate surface area is 186 Å². The predicted molar refractivity (Wildman–Crippen MR) is 120 cm³/mol. The predicted octanol–water partition coefficient (Wildman–Crippen LogP) is 1.99. The van der Waals surface area contributed by atoms with Gasteiger partial charge in [0.2, 0.25) is 0 Å². The number of rotatable bonds is 5. The van der Waals surface area contributed by atoms with Crippen LogP contribution in [0, 0.1) is 11.7 Å². The lowest BCUT2D eigenvalue weighted by Crippen LogP contribution is -3.13. The molecule has 32 heavy (non-hydrogen) atoms. The van der Waals surface area contributed by atoms with Crippen molar-refractivity contribution >= 4 is 15.7 Å². The lowest BCUT2D eigenvalue weighted by Gasteiger charge is -2.40. The fraction of sp³-hybridized carbons (Fsp3) is 0.292. The number of fused-ring (bicyclic) bond motifs is 4. The van der Waals surface area contributed by atoms with Crippen molar-refractivity contribution in [1.82, 2.24) is 4.57 Å². The highest BCUT2D eigenvalue weighted by molar-refractivity contribution is 7.92. The van der Waals surface area contributed by atoms with E-state index in [0.29, 0.717) is 12.5 Å². The quantitative estimate of drug-likeness (QED) is 0.619. The molecule has 0 spiro atoms. The highest BCUT2D eigenvalue weighted by atomic mass is 32.2. The number of halogens is 1. The van der Waals surface area contributed by atoms with E-state index < -0.39 is 10.0 Å². The Morgan fingerprint density at radius 2 is 1.75 bits per heavy atom. The van der Waals surface area contributed by atoms with Gasteiger partial charge in [0.25, 0.3) is 15.6 Å². The molecule has 8 heteroatoms. The maximum atomic E-state index is 13.2. The third kappa shape index (κ3) is 4.08. The van der Waals surface area contributed by atoms with E-state index in [1.807, 2.05) is 18.2 Å². The van der Waals surface area contributed by atoms with E-state index in [1.54, 1.807) is 28.8 Å².